The van der Waals surface area contributed by atoms with Gasteiger partial charge in [0.25, 0.3) is 0 Å². The lowest BCUT2D eigenvalue weighted by atomic mass is 10.2. The monoisotopic (exact) mass is 520 g/mol. The van der Waals surface area contributed by atoms with Crippen LogP contribution in [-0.4, -0.2) is 34.5 Å². The van der Waals surface area contributed by atoms with Crippen molar-refractivity contribution in [1.82, 2.24) is 9.71 Å². The normalized spacial score (nSPS) is 15.8. The van der Waals surface area contributed by atoms with E-state index in [0.29, 0.717) is 16.3 Å². The molecular weight excluding hydrogens is 496 g/mol. The molecular formula is C24H25ClN2O5S2. The van der Waals surface area contributed by atoms with Gasteiger partial charge >= 0.3 is 0 Å². The van der Waals surface area contributed by atoms with E-state index in [1.807, 2.05) is 0 Å². The van der Waals surface area contributed by atoms with Gasteiger partial charge in [-0.2, -0.15) is 0 Å². The number of benzene rings is 2. The molecule has 3 aromatic rings. The molecule has 1 saturated carbocycles. The Labute approximate surface area is 205 Å². The average molecular weight is 521 g/mol. The number of rotatable bonds is 9. The van der Waals surface area contributed by atoms with Gasteiger partial charge in [-0.15, -0.1) is 0 Å². The summed E-state index contributed by atoms with van der Waals surface area (Å²) >= 11 is 5.90. The van der Waals surface area contributed by atoms with Crippen LogP contribution in [0.15, 0.2) is 82.8 Å². The predicted octanol–water partition coefficient (Wildman–Crippen LogP) is 4.55. The largest absolute Gasteiger partial charge is 0.490 e. The summed E-state index contributed by atoms with van der Waals surface area (Å²) in [4.78, 5) is 4.07. The van der Waals surface area contributed by atoms with Crippen molar-refractivity contribution in [1.29, 1.82) is 0 Å². The van der Waals surface area contributed by atoms with Crippen LogP contribution >= 0.6 is 11.6 Å². The van der Waals surface area contributed by atoms with Crippen molar-refractivity contribution in [2.24, 2.45) is 0 Å². The Morgan fingerprint density at radius 3 is 2.21 bits per heavy atom. The first-order valence-electron chi connectivity index (χ1n) is 10.9. The minimum atomic E-state index is -3.97. The Kier molecular flexibility index (Phi) is 7.57. The van der Waals surface area contributed by atoms with Crippen molar-refractivity contribution in [3.63, 3.8) is 0 Å². The summed E-state index contributed by atoms with van der Waals surface area (Å²) in [6.45, 7) is -0.362. The zero-order valence-corrected chi connectivity index (χ0v) is 20.7. The minimum absolute atomic E-state index is 0.0279. The standard InChI is InChI=1S/C24H25ClN2O5S2/c25-19-7-11-22(12-8-19)33(28,29)24(18-4-3-15-26-16-18)17-27-34(30,31)23-13-9-21(10-14-23)32-20-5-1-2-6-20/h3-4,7-16,20,24,27H,1-2,5-6,17H2. The van der Waals surface area contributed by atoms with Crippen LogP contribution in [0.5, 0.6) is 5.75 Å². The second kappa shape index (κ2) is 10.4. The van der Waals surface area contributed by atoms with Gasteiger partial charge < -0.3 is 4.74 Å². The molecule has 2 aromatic carbocycles. The second-order valence-electron chi connectivity index (χ2n) is 8.12. The highest BCUT2D eigenvalue weighted by atomic mass is 35.5. The number of halogens is 1. The molecule has 1 atom stereocenters. The molecule has 1 fully saturated rings. The number of sulfone groups is 1. The highest BCUT2D eigenvalue weighted by Crippen LogP contribution is 2.30. The third-order valence-corrected chi connectivity index (χ3v) is 9.58. The van der Waals surface area contributed by atoms with E-state index >= 15 is 0 Å². The summed E-state index contributed by atoms with van der Waals surface area (Å²) < 4.78 is 61.0. The molecule has 1 aromatic heterocycles. The smallest absolute Gasteiger partial charge is 0.240 e. The minimum Gasteiger partial charge on any atom is -0.490 e. The van der Waals surface area contributed by atoms with E-state index in [2.05, 4.69) is 9.71 Å². The molecule has 1 unspecified atom stereocenters. The SMILES string of the molecule is O=S(=O)(NCC(c1cccnc1)S(=O)(=O)c1ccc(Cl)cc1)c1ccc(OC2CCCC2)cc1. The second-order valence-corrected chi connectivity index (χ2v) is 12.5. The topological polar surface area (TPSA) is 102 Å². The van der Waals surface area contributed by atoms with Gasteiger partial charge in [-0.3, -0.25) is 4.98 Å². The molecule has 180 valence electrons. The maximum atomic E-state index is 13.4. The number of nitrogens with one attached hydrogen (secondary N) is 1. The molecule has 0 radical (unpaired) electrons. The van der Waals surface area contributed by atoms with Gasteiger partial charge in [0.15, 0.2) is 9.84 Å². The Balaban J connectivity index is 1.54. The van der Waals surface area contributed by atoms with Crippen LogP contribution in [-0.2, 0) is 19.9 Å². The highest BCUT2D eigenvalue weighted by Gasteiger charge is 2.31. The van der Waals surface area contributed by atoms with Crippen LogP contribution in [0.25, 0.3) is 0 Å². The first kappa shape index (κ1) is 24.7. The summed E-state index contributed by atoms with van der Waals surface area (Å²) in [5, 5.41) is -0.778. The molecule has 1 N–H and O–H groups in total. The number of hydrogen-bond donors (Lipinski definition) is 1. The molecule has 0 aliphatic heterocycles. The fourth-order valence-electron chi connectivity index (χ4n) is 3.93. The molecule has 7 nitrogen and oxygen atoms in total. The zero-order chi connectivity index (χ0) is 24.2. The number of hydrogen-bond acceptors (Lipinski definition) is 6. The van der Waals surface area contributed by atoms with Crippen molar-refractivity contribution in [3.05, 3.63) is 83.6 Å². The summed E-state index contributed by atoms with van der Waals surface area (Å²) in [5.74, 6) is 0.615. The lowest BCUT2D eigenvalue weighted by Gasteiger charge is -2.19. The van der Waals surface area contributed by atoms with Crippen LogP contribution in [0.1, 0.15) is 36.5 Å². The molecule has 1 aliphatic rings. The van der Waals surface area contributed by atoms with Crippen LogP contribution in [0, 0.1) is 0 Å². The van der Waals surface area contributed by atoms with Crippen molar-refractivity contribution in [3.8, 4) is 5.75 Å². The maximum Gasteiger partial charge on any atom is 0.240 e. The van der Waals surface area contributed by atoms with E-state index < -0.39 is 25.1 Å². The molecule has 10 heteroatoms. The summed E-state index contributed by atoms with van der Waals surface area (Å²) in [6.07, 6.45) is 7.38. The molecule has 0 saturated heterocycles. The van der Waals surface area contributed by atoms with Gasteiger partial charge in [0, 0.05) is 24.0 Å². The number of ether oxygens (including phenoxy) is 1. The fraction of sp³-hybridized carbons (Fsp3) is 0.292. The first-order valence-corrected chi connectivity index (χ1v) is 14.3. The predicted molar refractivity (Wildman–Crippen MR) is 130 cm³/mol. The molecule has 1 heterocycles. The van der Waals surface area contributed by atoms with Crippen LogP contribution in [0.3, 0.4) is 0 Å². The summed E-state index contributed by atoms with van der Waals surface area (Å²) in [7, 11) is -7.91. The molecule has 0 bridgehead atoms. The zero-order valence-electron chi connectivity index (χ0n) is 18.3. The molecule has 34 heavy (non-hydrogen) atoms. The highest BCUT2D eigenvalue weighted by molar-refractivity contribution is 7.92. The molecule has 0 spiro atoms. The van der Waals surface area contributed by atoms with Gasteiger partial charge in [0.05, 0.1) is 15.9 Å². The lowest BCUT2D eigenvalue weighted by molar-refractivity contribution is 0.210. The average Bonchev–Trinajstić information content (AvgIpc) is 3.33. The van der Waals surface area contributed by atoms with E-state index in [1.54, 1.807) is 24.3 Å². The Morgan fingerprint density at radius 2 is 1.59 bits per heavy atom. The number of sulfonamides is 1. The van der Waals surface area contributed by atoms with Gasteiger partial charge in [-0.1, -0.05) is 17.7 Å². The van der Waals surface area contributed by atoms with Crippen molar-refractivity contribution in [2.45, 2.75) is 46.8 Å². The maximum absolute atomic E-state index is 13.4. The number of pyridine rings is 1. The van der Waals surface area contributed by atoms with Crippen LogP contribution in [0.4, 0.5) is 0 Å². The molecule has 0 amide bonds. The lowest BCUT2D eigenvalue weighted by Crippen LogP contribution is -2.32. The summed E-state index contributed by atoms with van der Waals surface area (Å²) in [6, 6.07) is 15.1. The molecule has 4 rings (SSSR count). The van der Waals surface area contributed by atoms with E-state index in [-0.39, 0.29) is 22.4 Å². The van der Waals surface area contributed by atoms with Gasteiger partial charge in [0.2, 0.25) is 10.0 Å². The first-order chi connectivity index (χ1) is 16.3. The van der Waals surface area contributed by atoms with Crippen LogP contribution in [0.2, 0.25) is 5.02 Å². The van der Waals surface area contributed by atoms with Gasteiger partial charge in [-0.05, 0) is 85.8 Å². The Bertz CT molecular complexity index is 1310. The Hall–Kier alpha value is -2.46. The third-order valence-electron chi connectivity index (χ3n) is 5.77. The number of aromatic nitrogens is 1. The van der Waals surface area contributed by atoms with Crippen molar-refractivity contribution in [2.75, 3.05) is 6.54 Å². The van der Waals surface area contributed by atoms with Gasteiger partial charge in [-0.25, -0.2) is 21.6 Å². The third kappa shape index (κ3) is 5.78. The van der Waals surface area contributed by atoms with Crippen molar-refractivity contribution < 1.29 is 21.6 Å². The quantitative estimate of drug-likeness (QED) is 0.444. The van der Waals surface area contributed by atoms with Crippen molar-refractivity contribution >= 4 is 31.5 Å². The van der Waals surface area contributed by atoms with E-state index in [0.717, 1.165) is 25.7 Å². The number of nitrogens with zero attached hydrogens (tertiary/aromatic N) is 1. The van der Waals surface area contributed by atoms with E-state index in [4.69, 9.17) is 16.3 Å². The fourth-order valence-corrected chi connectivity index (χ4v) is 6.85. The van der Waals surface area contributed by atoms with Gasteiger partial charge in [0.1, 0.15) is 11.0 Å². The molecule has 1 aliphatic carbocycles. The summed E-state index contributed by atoms with van der Waals surface area (Å²) in [5.41, 5.74) is 0.375. The Morgan fingerprint density at radius 1 is 0.941 bits per heavy atom. The van der Waals surface area contributed by atoms with E-state index in [1.165, 1.54) is 48.8 Å². The van der Waals surface area contributed by atoms with Crippen LogP contribution < -0.4 is 9.46 Å². The van der Waals surface area contributed by atoms with E-state index in [9.17, 15) is 16.8 Å².